The van der Waals surface area contributed by atoms with E-state index in [-0.39, 0.29) is 18.3 Å². The van der Waals surface area contributed by atoms with Gasteiger partial charge in [0.1, 0.15) is 0 Å². The highest BCUT2D eigenvalue weighted by atomic mass is 16.7. The van der Waals surface area contributed by atoms with E-state index in [9.17, 15) is 4.79 Å². The van der Waals surface area contributed by atoms with Gasteiger partial charge in [-0.2, -0.15) is 0 Å². The summed E-state index contributed by atoms with van der Waals surface area (Å²) in [6.45, 7) is 9.41. The molecular formula is C18H26BNO4. The van der Waals surface area contributed by atoms with Crippen molar-refractivity contribution in [3.05, 3.63) is 29.8 Å². The van der Waals surface area contributed by atoms with E-state index in [2.05, 4.69) is 39.8 Å². The smallest absolute Gasteiger partial charge is 0.465 e. The molecule has 0 radical (unpaired) electrons. The van der Waals surface area contributed by atoms with E-state index in [1.807, 2.05) is 12.1 Å². The van der Waals surface area contributed by atoms with Gasteiger partial charge in [0, 0.05) is 13.1 Å². The van der Waals surface area contributed by atoms with Gasteiger partial charge in [-0.1, -0.05) is 24.3 Å². The standard InChI is InChI=1S/C18H26BNO4/c1-17(2)18(3,4)24-19(23-17)15-7-5-6-14(12-15)13-8-10-20(11-9-13)16(21)22/h5-7,12-13H,8-11H2,1-4H3,(H,21,22). The number of piperidine rings is 1. The van der Waals surface area contributed by atoms with Crippen molar-refractivity contribution in [2.24, 2.45) is 0 Å². The summed E-state index contributed by atoms with van der Waals surface area (Å²) in [6, 6.07) is 8.36. The van der Waals surface area contributed by atoms with Crippen LogP contribution in [-0.4, -0.2) is 47.5 Å². The van der Waals surface area contributed by atoms with Crippen molar-refractivity contribution in [1.29, 1.82) is 0 Å². The van der Waals surface area contributed by atoms with Gasteiger partial charge in [0.2, 0.25) is 0 Å². The van der Waals surface area contributed by atoms with Gasteiger partial charge in [-0.15, -0.1) is 0 Å². The average Bonchev–Trinajstić information content (AvgIpc) is 2.76. The molecule has 2 saturated heterocycles. The van der Waals surface area contributed by atoms with Gasteiger partial charge in [0.25, 0.3) is 0 Å². The summed E-state index contributed by atoms with van der Waals surface area (Å²) in [4.78, 5) is 12.5. The number of likely N-dealkylation sites (tertiary alicyclic amines) is 1. The molecule has 0 saturated carbocycles. The monoisotopic (exact) mass is 331 g/mol. The Labute approximate surface area is 144 Å². The lowest BCUT2D eigenvalue weighted by molar-refractivity contribution is 0.00578. The topological polar surface area (TPSA) is 59.0 Å². The van der Waals surface area contributed by atoms with Crippen molar-refractivity contribution in [1.82, 2.24) is 4.90 Å². The van der Waals surface area contributed by atoms with E-state index in [1.54, 1.807) is 0 Å². The Bertz CT molecular complexity index is 607. The summed E-state index contributed by atoms with van der Waals surface area (Å²) in [5.74, 6) is 0.392. The highest BCUT2D eigenvalue weighted by Crippen LogP contribution is 2.36. The summed E-state index contributed by atoms with van der Waals surface area (Å²) in [5.41, 5.74) is 1.58. The zero-order chi connectivity index (χ0) is 17.5. The van der Waals surface area contributed by atoms with Crippen LogP contribution in [0.4, 0.5) is 4.79 Å². The van der Waals surface area contributed by atoms with Gasteiger partial charge in [-0.05, 0) is 57.5 Å². The second-order valence-electron chi connectivity index (χ2n) is 7.80. The second-order valence-corrected chi connectivity index (χ2v) is 7.80. The quantitative estimate of drug-likeness (QED) is 0.847. The summed E-state index contributed by atoms with van der Waals surface area (Å²) in [7, 11) is -0.353. The molecule has 0 aliphatic carbocycles. The molecule has 1 aromatic rings. The van der Waals surface area contributed by atoms with Gasteiger partial charge in [0.05, 0.1) is 11.2 Å². The summed E-state index contributed by atoms with van der Waals surface area (Å²) < 4.78 is 12.3. The normalized spacial score (nSPS) is 23.5. The molecule has 0 aromatic heterocycles. The molecule has 6 heteroatoms. The fourth-order valence-corrected chi connectivity index (χ4v) is 3.34. The predicted molar refractivity (Wildman–Crippen MR) is 93.7 cm³/mol. The number of nitrogens with zero attached hydrogens (tertiary/aromatic N) is 1. The van der Waals surface area contributed by atoms with Crippen molar-refractivity contribution in [3.63, 3.8) is 0 Å². The van der Waals surface area contributed by atoms with Gasteiger partial charge in [-0.25, -0.2) is 4.79 Å². The average molecular weight is 331 g/mol. The van der Waals surface area contributed by atoms with Crippen LogP contribution in [0.25, 0.3) is 0 Å². The van der Waals surface area contributed by atoms with Crippen LogP contribution in [0.3, 0.4) is 0 Å². The molecule has 2 aliphatic rings. The third-order valence-corrected chi connectivity index (χ3v) is 5.67. The molecule has 5 nitrogen and oxygen atoms in total. The van der Waals surface area contributed by atoms with Gasteiger partial charge in [0.15, 0.2) is 0 Å². The summed E-state index contributed by atoms with van der Waals surface area (Å²) in [5, 5.41) is 9.07. The molecular weight excluding hydrogens is 305 g/mol. The molecule has 1 amide bonds. The van der Waals surface area contributed by atoms with Crippen molar-refractivity contribution in [2.75, 3.05) is 13.1 Å². The minimum Gasteiger partial charge on any atom is -0.465 e. The van der Waals surface area contributed by atoms with Crippen molar-refractivity contribution in [2.45, 2.75) is 57.7 Å². The maximum absolute atomic E-state index is 11.0. The Hall–Kier alpha value is -1.53. The van der Waals surface area contributed by atoms with Crippen LogP contribution in [0, 0.1) is 0 Å². The van der Waals surface area contributed by atoms with E-state index in [0.717, 1.165) is 18.3 Å². The maximum atomic E-state index is 11.0. The van der Waals surface area contributed by atoms with Crippen LogP contribution < -0.4 is 5.46 Å². The highest BCUT2D eigenvalue weighted by Gasteiger charge is 2.51. The third-order valence-electron chi connectivity index (χ3n) is 5.67. The Morgan fingerprint density at radius 3 is 2.29 bits per heavy atom. The fraction of sp³-hybridized carbons (Fsp3) is 0.611. The van der Waals surface area contributed by atoms with Crippen LogP contribution in [0.5, 0.6) is 0 Å². The Balaban J connectivity index is 1.73. The summed E-state index contributed by atoms with van der Waals surface area (Å²) in [6.07, 6.45) is 0.900. The number of benzene rings is 1. The van der Waals surface area contributed by atoms with E-state index in [1.165, 1.54) is 10.5 Å². The van der Waals surface area contributed by atoms with Crippen LogP contribution in [-0.2, 0) is 9.31 Å². The van der Waals surface area contributed by atoms with Crippen LogP contribution in [0.2, 0.25) is 0 Å². The first-order valence-electron chi connectivity index (χ1n) is 8.63. The molecule has 2 heterocycles. The molecule has 2 aliphatic heterocycles. The predicted octanol–water partition coefficient (Wildman–Crippen LogP) is 2.84. The number of carbonyl (C=O) groups is 1. The molecule has 3 rings (SSSR count). The lowest BCUT2D eigenvalue weighted by atomic mass is 9.76. The van der Waals surface area contributed by atoms with Crippen molar-refractivity contribution < 1.29 is 19.2 Å². The minimum atomic E-state index is -0.820. The van der Waals surface area contributed by atoms with Crippen LogP contribution >= 0.6 is 0 Å². The zero-order valence-corrected chi connectivity index (χ0v) is 14.9. The number of carboxylic acid groups (broad SMARTS) is 1. The van der Waals surface area contributed by atoms with Crippen molar-refractivity contribution in [3.8, 4) is 0 Å². The van der Waals surface area contributed by atoms with Crippen LogP contribution in [0.1, 0.15) is 52.0 Å². The molecule has 2 fully saturated rings. The number of amides is 1. The summed E-state index contributed by atoms with van der Waals surface area (Å²) >= 11 is 0. The van der Waals surface area contributed by atoms with E-state index < -0.39 is 6.09 Å². The van der Waals surface area contributed by atoms with Crippen LogP contribution in [0.15, 0.2) is 24.3 Å². The van der Waals surface area contributed by atoms with Crippen molar-refractivity contribution >= 4 is 18.7 Å². The van der Waals surface area contributed by atoms with E-state index >= 15 is 0 Å². The first-order chi connectivity index (χ1) is 11.2. The minimum absolute atomic E-state index is 0.347. The molecule has 24 heavy (non-hydrogen) atoms. The Morgan fingerprint density at radius 1 is 1.17 bits per heavy atom. The highest BCUT2D eigenvalue weighted by molar-refractivity contribution is 6.62. The van der Waals surface area contributed by atoms with Gasteiger partial charge in [-0.3, -0.25) is 0 Å². The fourth-order valence-electron chi connectivity index (χ4n) is 3.34. The SMILES string of the molecule is CC1(C)OB(c2cccc(C3CCN(C(=O)O)CC3)c2)OC1(C)C. The number of hydrogen-bond donors (Lipinski definition) is 1. The maximum Gasteiger partial charge on any atom is 0.494 e. The molecule has 0 spiro atoms. The number of rotatable bonds is 2. The molecule has 1 aromatic carbocycles. The molecule has 0 atom stereocenters. The van der Waals surface area contributed by atoms with E-state index in [0.29, 0.717) is 19.0 Å². The molecule has 0 bridgehead atoms. The second kappa shape index (κ2) is 6.08. The molecule has 0 unspecified atom stereocenters. The molecule has 1 N–H and O–H groups in total. The van der Waals surface area contributed by atoms with Gasteiger partial charge >= 0.3 is 13.2 Å². The van der Waals surface area contributed by atoms with Gasteiger partial charge < -0.3 is 19.3 Å². The first-order valence-corrected chi connectivity index (χ1v) is 8.63. The lowest BCUT2D eigenvalue weighted by Gasteiger charge is -2.32. The first kappa shape index (κ1) is 17.3. The largest absolute Gasteiger partial charge is 0.494 e. The zero-order valence-electron chi connectivity index (χ0n) is 14.9. The third kappa shape index (κ3) is 3.17. The Morgan fingerprint density at radius 2 is 1.75 bits per heavy atom. The molecule has 130 valence electrons. The van der Waals surface area contributed by atoms with E-state index in [4.69, 9.17) is 14.4 Å². The number of hydrogen-bond acceptors (Lipinski definition) is 3. The Kier molecular flexibility index (Phi) is 4.38. The lowest BCUT2D eigenvalue weighted by Crippen LogP contribution is -2.41.